The fraction of sp³-hybridized carbons (Fsp3) is 0.360. The molecular formula is C25H30N4O5S. The van der Waals surface area contributed by atoms with Crippen LogP contribution in [-0.4, -0.2) is 52.0 Å². The van der Waals surface area contributed by atoms with Crippen LogP contribution >= 0.6 is 0 Å². The van der Waals surface area contributed by atoms with Gasteiger partial charge in [-0.3, -0.25) is 9.59 Å². The van der Waals surface area contributed by atoms with Gasteiger partial charge in [-0.15, -0.1) is 0 Å². The van der Waals surface area contributed by atoms with Crippen LogP contribution in [0.3, 0.4) is 0 Å². The van der Waals surface area contributed by atoms with E-state index in [0.29, 0.717) is 37.1 Å². The Kier molecular flexibility index (Phi) is 7.25. The average molecular weight is 499 g/mol. The van der Waals surface area contributed by atoms with Crippen molar-refractivity contribution >= 4 is 32.8 Å². The second-order valence-corrected chi connectivity index (χ2v) is 10.6. The Balaban J connectivity index is 1.41. The van der Waals surface area contributed by atoms with Gasteiger partial charge in [0, 0.05) is 24.0 Å². The predicted molar refractivity (Wildman–Crippen MR) is 133 cm³/mol. The first-order valence-corrected chi connectivity index (χ1v) is 13.1. The maximum Gasteiger partial charge on any atom is 0.288 e. The van der Waals surface area contributed by atoms with E-state index in [-0.39, 0.29) is 29.7 Å². The molecule has 186 valence electrons. The van der Waals surface area contributed by atoms with Crippen molar-refractivity contribution in [3.05, 3.63) is 65.4 Å². The van der Waals surface area contributed by atoms with Crippen molar-refractivity contribution in [2.75, 3.05) is 26.2 Å². The van der Waals surface area contributed by atoms with Crippen molar-refractivity contribution in [3.8, 4) is 0 Å². The number of amides is 2. The zero-order chi connectivity index (χ0) is 25.1. The molecular weight excluding hydrogens is 468 g/mol. The molecule has 0 radical (unpaired) electrons. The summed E-state index contributed by atoms with van der Waals surface area (Å²) in [6.45, 7) is 4.92. The Hall–Kier alpha value is -3.21. The third-order valence-corrected chi connectivity index (χ3v) is 7.81. The number of rotatable bonds is 8. The summed E-state index contributed by atoms with van der Waals surface area (Å²) in [7, 11) is -3.68. The van der Waals surface area contributed by atoms with E-state index in [9.17, 15) is 18.0 Å². The van der Waals surface area contributed by atoms with Crippen molar-refractivity contribution in [1.29, 1.82) is 0 Å². The highest BCUT2D eigenvalue weighted by Crippen LogP contribution is 2.26. The molecule has 2 aromatic carbocycles. The van der Waals surface area contributed by atoms with Crippen molar-refractivity contribution in [3.63, 3.8) is 0 Å². The van der Waals surface area contributed by atoms with Gasteiger partial charge in [-0.05, 0) is 58.0 Å². The third kappa shape index (κ3) is 5.39. The molecule has 0 spiro atoms. The monoisotopic (exact) mass is 498 g/mol. The highest BCUT2D eigenvalue weighted by molar-refractivity contribution is 7.89. The lowest BCUT2D eigenvalue weighted by Gasteiger charge is -2.36. The standard InChI is InChI=1S/C25H30N4O5S/c1-17-7-9-19(10-8-17)35(32,33)28-16-15-27-24(31)25(11-13-26-14-12-25)29-23(30)22-18(2)20-5-3-4-6-21(20)34-22/h3-10,26,28H,11-16H2,1-2H3,(H,27,31)(H,29,30). The molecule has 1 aromatic heterocycles. The van der Waals surface area contributed by atoms with E-state index in [4.69, 9.17) is 4.42 Å². The van der Waals surface area contributed by atoms with Crippen molar-refractivity contribution in [2.24, 2.45) is 0 Å². The Bertz CT molecular complexity index is 1330. The van der Waals surface area contributed by atoms with Crippen molar-refractivity contribution in [1.82, 2.24) is 20.7 Å². The third-order valence-electron chi connectivity index (χ3n) is 6.33. The van der Waals surface area contributed by atoms with Gasteiger partial charge in [0.25, 0.3) is 5.91 Å². The van der Waals surface area contributed by atoms with Crippen molar-refractivity contribution in [2.45, 2.75) is 37.1 Å². The van der Waals surface area contributed by atoms with Gasteiger partial charge in [-0.2, -0.15) is 0 Å². The smallest absolute Gasteiger partial charge is 0.288 e. The van der Waals surface area contributed by atoms with Gasteiger partial charge in [-0.25, -0.2) is 13.1 Å². The second-order valence-electron chi connectivity index (χ2n) is 8.81. The Labute approximate surface area is 204 Å². The number of fused-ring (bicyclic) bond motifs is 1. The van der Waals surface area contributed by atoms with E-state index in [1.165, 1.54) is 12.1 Å². The number of carbonyl (C=O) groups is 2. The predicted octanol–water partition coefficient (Wildman–Crippen LogP) is 2.00. The highest BCUT2D eigenvalue weighted by Gasteiger charge is 2.41. The van der Waals surface area contributed by atoms with Gasteiger partial charge in [-0.1, -0.05) is 35.9 Å². The quantitative estimate of drug-likeness (QED) is 0.352. The molecule has 2 amide bonds. The largest absolute Gasteiger partial charge is 0.451 e. The summed E-state index contributed by atoms with van der Waals surface area (Å²) < 4.78 is 33.2. The molecule has 0 atom stereocenters. The topological polar surface area (TPSA) is 130 Å². The summed E-state index contributed by atoms with van der Waals surface area (Å²) in [5, 5.41) is 9.75. The van der Waals surface area contributed by atoms with E-state index in [1.54, 1.807) is 18.2 Å². The summed E-state index contributed by atoms with van der Waals surface area (Å²) >= 11 is 0. The lowest BCUT2D eigenvalue weighted by Crippen LogP contribution is -2.63. The lowest BCUT2D eigenvalue weighted by atomic mass is 9.87. The van der Waals surface area contributed by atoms with E-state index in [1.807, 2.05) is 32.0 Å². The molecule has 9 nitrogen and oxygen atoms in total. The SMILES string of the molecule is Cc1ccc(S(=O)(=O)NCCNC(=O)C2(NC(=O)c3oc4ccccc4c3C)CCNCC2)cc1. The van der Waals surface area contributed by atoms with Crippen LogP contribution in [0.2, 0.25) is 0 Å². The Morgan fingerprint density at radius 3 is 2.37 bits per heavy atom. The minimum Gasteiger partial charge on any atom is -0.451 e. The molecule has 1 aliphatic rings. The molecule has 0 saturated carbocycles. The molecule has 3 aromatic rings. The molecule has 35 heavy (non-hydrogen) atoms. The van der Waals surface area contributed by atoms with E-state index in [0.717, 1.165) is 10.9 Å². The van der Waals surface area contributed by atoms with Crippen LogP contribution in [0, 0.1) is 13.8 Å². The van der Waals surface area contributed by atoms with E-state index < -0.39 is 21.5 Å². The van der Waals surface area contributed by atoms with Crippen LogP contribution in [0.4, 0.5) is 0 Å². The summed E-state index contributed by atoms with van der Waals surface area (Å²) in [6, 6.07) is 13.9. The molecule has 10 heteroatoms. The maximum absolute atomic E-state index is 13.2. The van der Waals surface area contributed by atoms with Crippen LogP contribution in [0.25, 0.3) is 11.0 Å². The number of nitrogens with one attached hydrogen (secondary N) is 4. The second kappa shape index (κ2) is 10.2. The minimum absolute atomic E-state index is 0.0207. The molecule has 2 heterocycles. The normalized spacial score (nSPS) is 15.6. The molecule has 0 aliphatic carbocycles. The first-order valence-electron chi connectivity index (χ1n) is 11.6. The zero-order valence-electron chi connectivity index (χ0n) is 19.8. The fourth-order valence-corrected chi connectivity index (χ4v) is 5.29. The van der Waals surface area contributed by atoms with Gasteiger partial charge in [0.1, 0.15) is 11.1 Å². The molecule has 1 aliphatic heterocycles. The number of piperidine rings is 1. The van der Waals surface area contributed by atoms with Crippen LogP contribution in [0.1, 0.15) is 34.5 Å². The molecule has 1 fully saturated rings. The van der Waals surface area contributed by atoms with Gasteiger partial charge < -0.3 is 20.4 Å². The van der Waals surface area contributed by atoms with Crippen LogP contribution in [-0.2, 0) is 14.8 Å². The van der Waals surface area contributed by atoms with Crippen LogP contribution in [0.5, 0.6) is 0 Å². The number of hydrogen-bond acceptors (Lipinski definition) is 6. The summed E-state index contributed by atoms with van der Waals surface area (Å²) in [4.78, 5) is 26.5. The minimum atomic E-state index is -3.68. The number of benzene rings is 2. The highest BCUT2D eigenvalue weighted by atomic mass is 32.2. The van der Waals surface area contributed by atoms with Crippen LogP contribution in [0.15, 0.2) is 57.8 Å². The summed E-state index contributed by atoms with van der Waals surface area (Å²) in [6.07, 6.45) is 0.803. The Morgan fingerprint density at radius 1 is 1.00 bits per heavy atom. The molecule has 0 bridgehead atoms. The first-order chi connectivity index (χ1) is 16.7. The summed E-state index contributed by atoms with van der Waals surface area (Å²) in [5.41, 5.74) is 1.17. The molecule has 4 N–H and O–H groups in total. The Morgan fingerprint density at radius 2 is 1.69 bits per heavy atom. The van der Waals surface area contributed by atoms with E-state index >= 15 is 0 Å². The number of furan rings is 1. The summed E-state index contributed by atoms with van der Waals surface area (Å²) in [5.74, 6) is -0.616. The number of aryl methyl sites for hydroxylation is 2. The maximum atomic E-state index is 13.2. The van der Waals surface area contributed by atoms with Crippen molar-refractivity contribution < 1.29 is 22.4 Å². The van der Waals surface area contributed by atoms with Gasteiger partial charge >= 0.3 is 0 Å². The van der Waals surface area contributed by atoms with Gasteiger partial charge in [0.05, 0.1) is 4.90 Å². The average Bonchev–Trinajstić information content (AvgIpc) is 3.19. The number of sulfonamides is 1. The zero-order valence-corrected chi connectivity index (χ0v) is 20.6. The first kappa shape index (κ1) is 24.9. The number of hydrogen-bond donors (Lipinski definition) is 4. The lowest BCUT2D eigenvalue weighted by molar-refractivity contribution is -0.128. The molecule has 1 saturated heterocycles. The van der Waals surface area contributed by atoms with Crippen LogP contribution < -0.4 is 20.7 Å². The van der Waals surface area contributed by atoms with Gasteiger partial charge in [0.15, 0.2) is 5.76 Å². The number of para-hydroxylation sites is 1. The molecule has 0 unspecified atom stereocenters. The van der Waals surface area contributed by atoms with E-state index in [2.05, 4.69) is 20.7 Å². The number of carbonyl (C=O) groups excluding carboxylic acids is 2. The molecule has 4 rings (SSSR count). The van der Waals surface area contributed by atoms with Gasteiger partial charge in [0.2, 0.25) is 15.9 Å². The fourth-order valence-electron chi connectivity index (χ4n) is 4.26.